The van der Waals surface area contributed by atoms with Gasteiger partial charge in [0.1, 0.15) is 0 Å². The molecule has 94 valence electrons. The highest BCUT2D eigenvalue weighted by molar-refractivity contribution is 7.89. The summed E-state index contributed by atoms with van der Waals surface area (Å²) < 4.78 is 31.5. The van der Waals surface area contributed by atoms with E-state index in [9.17, 15) is 8.42 Å². The summed E-state index contributed by atoms with van der Waals surface area (Å²) in [5.41, 5.74) is 5.74. The number of pyridine rings is 1. The Labute approximate surface area is 100 Å². The molecule has 0 amide bonds. The average molecular weight is 257 g/mol. The lowest BCUT2D eigenvalue weighted by Crippen LogP contribution is -2.30. The Balaban J connectivity index is 2.06. The number of anilines is 1. The molecule has 1 fully saturated rings. The minimum atomic E-state index is -3.62. The van der Waals surface area contributed by atoms with Crippen LogP contribution in [-0.4, -0.2) is 33.2 Å². The Kier molecular flexibility index (Phi) is 3.60. The maximum absolute atomic E-state index is 11.9. The molecule has 1 unspecified atom stereocenters. The van der Waals surface area contributed by atoms with E-state index in [2.05, 4.69) is 9.71 Å². The van der Waals surface area contributed by atoms with Crippen molar-refractivity contribution >= 4 is 15.7 Å². The third-order valence-corrected chi connectivity index (χ3v) is 4.04. The number of rotatable bonds is 4. The van der Waals surface area contributed by atoms with Gasteiger partial charge in [0.2, 0.25) is 0 Å². The summed E-state index contributed by atoms with van der Waals surface area (Å²) >= 11 is 0. The number of ether oxygens (including phenoxy) is 1. The van der Waals surface area contributed by atoms with Crippen molar-refractivity contribution in [2.24, 2.45) is 5.92 Å². The maximum Gasteiger partial charge on any atom is 0.260 e. The molecule has 2 rings (SSSR count). The predicted octanol–water partition coefficient (Wildman–Crippen LogP) is -0.0214. The molecule has 2 heterocycles. The van der Waals surface area contributed by atoms with Crippen LogP contribution in [0.3, 0.4) is 0 Å². The zero-order valence-corrected chi connectivity index (χ0v) is 10.1. The molecule has 1 aromatic rings. The molecule has 0 spiro atoms. The van der Waals surface area contributed by atoms with Crippen molar-refractivity contribution in [2.45, 2.75) is 11.4 Å². The lowest BCUT2D eigenvalue weighted by molar-refractivity contribution is 0.186. The van der Waals surface area contributed by atoms with Gasteiger partial charge in [0.05, 0.1) is 12.3 Å². The quantitative estimate of drug-likeness (QED) is 0.790. The van der Waals surface area contributed by atoms with Crippen molar-refractivity contribution in [3.8, 4) is 0 Å². The van der Waals surface area contributed by atoms with Crippen LogP contribution in [0.2, 0.25) is 0 Å². The summed E-state index contributed by atoms with van der Waals surface area (Å²) in [5.74, 6) is 0.231. The van der Waals surface area contributed by atoms with Crippen LogP contribution in [0.15, 0.2) is 23.4 Å². The number of nitrogens with one attached hydrogen (secondary N) is 1. The first-order chi connectivity index (χ1) is 8.09. The van der Waals surface area contributed by atoms with Crippen molar-refractivity contribution in [2.75, 3.05) is 25.5 Å². The molecule has 1 aromatic heterocycles. The van der Waals surface area contributed by atoms with Crippen LogP contribution < -0.4 is 10.5 Å². The molecule has 0 aromatic carbocycles. The van der Waals surface area contributed by atoms with Crippen LogP contribution in [0.1, 0.15) is 6.42 Å². The smallest absolute Gasteiger partial charge is 0.260 e. The van der Waals surface area contributed by atoms with Crippen molar-refractivity contribution in [3.63, 3.8) is 0 Å². The van der Waals surface area contributed by atoms with Crippen LogP contribution in [0.5, 0.6) is 0 Å². The van der Waals surface area contributed by atoms with E-state index in [1.54, 1.807) is 6.07 Å². The van der Waals surface area contributed by atoms with Crippen LogP contribution in [0.4, 0.5) is 5.69 Å². The van der Waals surface area contributed by atoms with E-state index in [0.29, 0.717) is 19.8 Å². The number of hydrogen-bond donors (Lipinski definition) is 2. The highest BCUT2D eigenvalue weighted by Crippen LogP contribution is 2.15. The Bertz CT molecular complexity index is 483. The Morgan fingerprint density at radius 1 is 1.59 bits per heavy atom. The number of sulfonamides is 1. The highest BCUT2D eigenvalue weighted by Gasteiger charge is 2.22. The molecule has 1 saturated heterocycles. The molecule has 6 nitrogen and oxygen atoms in total. The molecule has 0 aliphatic carbocycles. The first-order valence-corrected chi connectivity index (χ1v) is 6.86. The molecule has 1 atom stereocenters. The van der Waals surface area contributed by atoms with Crippen molar-refractivity contribution < 1.29 is 13.2 Å². The molecule has 0 bridgehead atoms. The third kappa shape index (κ3) is 2.93. The van der Waals surface area contributed by atoms with Gasteiger partial charge in [-0.05, 0) is 24.5 Å². The van der Waals surface area contributed by atoms with E-state index in [4.69, 9.17) is 10.5 Å². The van der Waals surface area contributed by atoms with Crippen LogP contribution in [0, 0.1) is 5.92 Å². The van der Waals surface area contributed by atoms with E-state index in [1.165, 1.54) is 12.3 Å². The van der Waals surface area contributed by atoms with Gasteiger partial charge in [0.15, 0.2) is 5.03 Å². The van der Waals surface area contributed by atoms with E-state index < -0.39 is 10.0 Å². The summed E-state index contributed by atoms with van der Waals surface area (Å²) in [4.78, 5) is 3.79. The summed E-state index contributed by atoms with van der Waals surface area (Å²) in [7, 11) is -3.62. The summed E-state index contributed by atoms with van der Waals surface area (Å²) in [6.07, 6.45) is 2.28. The number of nitrogens with zero attached hydrogens (tertiary/aromatic N) is 1. The molecule has 0 radical (unpaired) electrons. The Morgan fingerprint density at radius 3 is 3.06 bits per heavy atom. The first-order valence-electron chi connectivity index (χ1n) is 5.37. The molecule has 7 heteroatoms. The Hall–Kier alpha value is -1.18. The second-order valence-electron chi connectivity index (χ2n) is 3.98. The molecule has 1 aliphatic rings. The normalized spacial score (nSPS) is 20.6. The minimum absolute atomic E-state index is 0.112. The molecule has 17 heavy (non-hydrogen) atoms. The van der Waals surface area contributed by atoms with E-state index in [1.807, 2.05) is 0 Å². The van der Waals surface area contributed by atoms with Gasteiger partial charge in [-0.3, -0.25) is 0 Å². The van der Waals surface area contributed by atoms with E-state index in [-0.39, 0.29) is 16.6 Å². The fourth-order valence-electron chi connectivity index (χ4n) is 1.67. The zero-order chi connectivity index (χ0) is 12.3. The first kappa shape index (κ1) is 12.3. The number of nitrogen functional groups attached to an aromatic ring is 1. The molecular weight excluding hydrogens is 242 g/mol. The van der Waals surface area contributed by atoms with Crippen molar-refractivity contribution in [1.29, 1.82) is 0 Å². The summed E-state index contributed by atoms with van der Waals surface area (Å²) in [6.45, 7) is 1.65. The van der Waals surface area contributed by atoms with Gasteiger partial charge in [-0.1, -0.05) is 0 Å². The van der Waals surface area contributed by atoms with Gasteiger partial charge in [0, 0.05) is 19.3 Å². The van der Waals surface area contributed by atoms with Crippen LogP contribution in [-0.2, 0) is 14.8 Å². The SMILES string of the molecule is Nc1cccnc1S(=O)(=O)NCC1CCOC1. The van der Waals surface area contributed by atoms with Gasteiger partial charge in [0.25, 0.3) is 10.0 Å². The lowest BCUT2D eigenvalue weighted by atomic mass is 10.1. The summed E-state index contributed by atoms with van der Waals surface area (Å²) in [6, 6.07) is 3.11. The number of aromatic nitrogens is 1. The van der Waals surface area contributed by atoms with E-state index >= 15 is 0 Å². The van der Waals surface area contributed by atoms with Crippen molar-refractivity contribution in [1.82, 2.24) is 9.71 Å². The largest absolute Gasteiger partial charge is 0.396 e. The van der Waals surface area contributed by atoms with Gasteiger partial charge < -0.3 is 10.5 Å². The topological polar surface area (TPSA) is 94.3 Å². The average Bonchev–Trinajstić information content (AvgIpc) is 2.80. The lowest BCUT2D eigenvalue weighted by Gasteiger charge is -2.10. The van der Waals surface area contributed by atoms with Gasteiger partial charge in [-0.15, -0.1) is 0 Å². The maximum atomic E-state index is 11.9. The summed E-state index contributed by atoms with van der Waals surface area (Å²) in [5, 5.41) is -0.112. The second kappa shape index (κ2) is 4.99. The molecule has 1 aliphatic heterocycles. The standard InChI is InChI=1S/C10H15N3O3S/c11-9-2-1-4-12-10(9)17(14,15)13-6-8-3-5-16-7-8/h1-2,4,8,13H,3,5-7,11H2. The van der Waals surface area contributed by atoms with Crippen LogP contribution >= 0.6 is 0 Å². The van der Waals surface area contributed by atoms with Gasteiger partial charge in [-0.2, -0.15) is 0 Å². The van der Waals surface area contributed by atoms with Gasteiger partial charge >= 0.3 is 0 Å². The Morgan fingerprint density at radius 2 is 2.41 bits per heavy atom. The third-order valence-electron chi connectivity index (χ3n) is 2.64. The fourth-order valence-corrected chi connectivity index (χ4v) is 2.84. The minimum Gasteiger partial charge on any atom is -0.396 e. The monoisotopic (exact) mass is 257 g/mol. The highest BCUT2D eigenvalue weighted by atomic mass is 32.2. The number of nitrogens with two attached hydrogens (primary N) is 1. The van der Waals surface area contributed by atoms with E-state index in [0.717, 1.165) is 6.42 Å². The number of hydrogen-bond acceptors (Lipinski definition) is 5. The molecule has 0 saturated carbocycles. The fraction of sp³-hybridized carbons (Fsp3) is 0.500. The molecule has 3 N–H and O–H groups in total. The van der Waals surface area contributed by atoms with Crippen LogP contribution in [0.25, 0.3) is 0 Å². The predicted molar refractivity (Wildman–Crippen MR) is 62.8 cm³/mol. The molecular formula is C10H15N3O3S. The second-order valence-corrected chi connectivity index (χ2v) is 5.66. The van der Waals surface area contributed by atoms with Crippen molar-refractivity contribution in [3.05, 3.63) is 18.3 Å². The van der Waals surface area contributed by atoms with Gasteiger partial charge in [-0.25, -0.2) is 18.1 Å². The zero-order valence-electron chi connectivity index (χ0n) is 9.30.